The lowest BCUT2D eigenvalue weighted by Gasteiger charge is -2.12. The number of carboxylic acid groups (broad SMARTS) is 1. The van der Waals surface area contributed by atoms with Crippen LogP contribution in [0.2, 0.25) is 0 Å². The quantitative estimate of drug-likeness (QED) is 0.840. The lowest BCUT2D eigenvalue weighted by Crippen LogP contribution is -2.32. The lowest BCUT2D eigenvalue weighted by atomic mass is 10.1. The van der Waals surface area contributed by atoms with Crippen LogP contribution in [0.15, 0.2) is 18.2 Å². The van der Waals surface area contributed by atoms with E-state index in [4.69, 9.17) is 5.11 Å². The molecule has 92 valence electrons. The Hall–Kier alpha value is -1.84. The Morgan fingerprint density at radius 2 is 1.88 bits per heavy atom. The number of hydrogen-bond donors (Lipinski definition) is 2. The average Bonchev–Trinajstić information content (AvgIpc) is 2.27. The van der Waals surface area contributed by atoms with Crippen LogP contribution in [0.3, 0.4) is 0 Å². The second kappa shape index (κ2) is 5.48. The molecule has 4 nitrogen and oxygen atoms in total. The van der Waals surface area contributed by atoms with Gasteiger partial charge in [-0.25, -0.2) is 4.79 Å². The minimum absolute atomic E-state index is 0.0799. The van der Waals surface area contributed by atoms with Gasteiger partial charge in [0.15, 0.2) is 0 Å². The first-order valence-electron chi connectivity index (χ1n) is 5.60. The molecule has 1 amide bonds. The molecule has 17 heavy (non-hydrogen) atoms. The van der Waals surface area contributed by atoms with E-state index < -0.39 is 5.97 Å². The van der Waals surface area contributed by atoms with Gasteiger partial charge in [0.1, 0.15) is 0 Å². The standard InChI is InChI=1S/C13H17NO3/c1-4-9(3)14-12(15)10-5-8(2)6-11(7-10)13(16)17/h5-7,9H,4H2,1-3H3,(H,14,15)(H,16,17). The van der Waals surface area contributed by atoms with Crippen LogP contribution in [-0.2, 0) is 0 Å². The van der Waals surface area contributed by atoms with Gasteiger partial charge in [0.05, 0.1) is 5.56 Å². The summed E-state index contributed by atoms with van der Waals surface area (Å²) in [5.41, 5.74) is 1.29. The third-order valence-electron chi connectivity index (χ3n) is 2.58. The van der Waals surface area contributed by atoms with Gasteiger partial charge in [-0.2, -0.15) is 0 Å². The molecule has 0 aliphatic heterocycles. The van der Waals surface area contributed by atoms with Crippen molar-refractivity contribution < 1.29 is 14.7 Å². The maximum absolute atomic E-state index is 11.8. The maximum Gasteiger partial charge on any atom is 0.335 e. The molecule has 0 aliphatic rings. The van der Waals surface area contributed by atoms with E-state index >= 15 is 0 Å². The first kappa shape index (κ1) is 13.2. The van der Waals surface area contributed by atoms with Crippen LogP contribution >= 0.6 is 0 Å². The lowest BCUT2D eigenvalue weighted by molar-refractivity contribution is 0.0696. The molecule has 0 aromatic heterocycles. The van der Waals surface area contributed by atoms with Crippen LogP contribution in [0.4, 0.5) is 0 Å². The number of aryl methyl sites for hydroxylation is 1. The Kier molecular flexibility index (Phi) is 4.26. The van der Waals surface area contributed by atoms with E-state index in [-0.39, 0.29) is 17.5 Å². The molecule has 0 fully saturated rings. The molecule has 0 spiro atoms. The average molecular weight is 235 g/mol. The first-order chi connectivity index (χ1) is 7.93. The van der Waals surface area contributed by atoms with Crippen molar-refractivity contribution in [1.29, 1.82) is 0 Å². The summed E-state index contributed by atoms with van der Waals surface area (Å²) >= 11 is 0. The topological polar surface area (TPSA) is 66.4 Å². The molecule has 4 heteroatoms. The molecule has 1 atom stereocenters. The second-order valence-electron chi connectivity index (χ2n) is 4.18. The van der Waals surface area contributed by atoms with Crippen LogP contribution in [0.5, 0.6) is 0 Å². The Balaban J connectivity index is 2.97. The molecule has 0 saturated carbocycles. The van der Waals surface area contributed by atoms with Crippen molar-refractivity contribution >= 4 is 11.9 Å². The SMILES string of the molecule is CCC(C)NC(=O)c1cc(C)cc(C(=O)O)c1. The predicted molar refractivity (Wildman–Crippen MR) is 65.4 cm³/mol. The van der Waals surface area contributed by atoms with Crippen molar-refractivity contribution in [2.45, 2.75) is 33.2 Å². The second-order valence-corrected chi connectivity index (χ2v) is 4.18. The van der Waals surface area contributed by atoms with Crippen LogP contribution in [-0.4, -0.2) is 23.0 Å². The van der Waals surface area contributed by atoms with Crippen LogP contribution in [0.1, 0.15) is 46.5 Å². The summed E-state index contributed by atoms with van der Waals surface area (Å²) in [7, 11) is 0. The summed E-state index contributed by atoms with van der Waals surface area (Å²) in [6.07, 6.45) is 0.837. The highest BCUT2D eigenvalue weighted by Gasteiger charge is 2.12. The van der Waals surface area contributed by atoms with Gasteiger partial charge in [0, 0.05) is 11.6 Å². The van der Waals surface area contributed by atoms with Crippen molar-refractivity contribution in [2.75, 3.05) is 0 Å². The number of hydrogen-bond acceptors (Lipinski definition) is 2. The molecule has 0 aliphatic carbocycles. The van der Waals surface area contributed by atoms with Gasteiger partial charge in [-0.15, -0.1) is 0 Å². The molecule has 2 N–H and O–H groups in total. The number of benzene rings is 1. The van der Waals surface area contributed by atoms with Gasteiger partial charge >= 0.3 is 5.97 Å². The van der Waals surface area contributed by atoms with Crippen LogP contribution in [0, 0.1) is 6.92 Å². The Morgan fingerprint density at radius 3 is 2.41 bits per heavy atom. The van der Waals surface area contributed by atoms with Crippen molar-refractivity contribution in [1.82, 2.24) is 5.32 Å². The van der Waals surface area contributed by atoms with E-state index in [1.807, 2.05) is 13.8 Å². The molecule has 0 heterocycles. The third kappa shape index (κ3) is 3.59. The molecule has 1 aromatic rings. The van der Waals surface area contributed by atoms with E-state index in [9.17, 15) is 9.59 Å². The molecular formula is C13H17NO3. The van der Waals surface area contributed by atoms with Crippen LogP contribution in [0.25, 0.3) is 0 Å². The van der Waals surface area contributed by atoms with E-state index in [1.165, 1.54) is 6.07 Å². The number of amides is 1. The number of carboxylic acids is 1. The smallest absolute Gasteiger partial charge is 0.335 e. The molecule has 0 radical (unpaired) electrons. The van der Waals surface area contributed by atoms with E-state index in [2.05, 4.69) is 5.32 Å². The zero-order valence-electron chi connectivity index (χ0n) is 10.3. The maximum atomic E-state index is 11.8. The van der Waals surface area contributed by atoms with Crippen molar-refractivity contribution in [2.24, 2.45) is 0 Å². The Morgan fingerprint density at radius 1 is 1.29 bits per heavy atom. The highest BCUT2D eigenvalue weighted by molar-refractivity contribution is 5.97. The summed E-state index contributed by atoms with van der Waals surface area (Å²) in [6.45, 7) is 5.65. The molecule has 0 saturated heterocycles. The summed E-state index contributed by atoms with van der Waals surface area (Å²) < 4.78 is 0. The van der Waals surface area contributed by atoms with E-state index in [0.717, 1.165) is 12.0 Å². The summed E-state index contributed by atoms with van der Waals surface area (Å²) in [6, 6.07) is 4.70. The molecule has 1 rings (SSSR count). The largest absolute Gasteiger partial charge is 0.478 e. The highest BCUT2D eigenvalue weighted by atomic mass is 16.4. The number of carbonyl (C=O) groups is 2. The zero-order valence-corrected chi connectivity index (χ0v) is 10.3. The van der Waals surface area contributed by atoms with Gasteiger partial charge < -0.3 is 10.4 Å². The van der Waals surface area contributed by atoms with Crippen molar-refractivity contribution in [3.8, 4) is 0 Å². The highest BCUT2D eigenvalue weighted by Crippen LogP contribution is 2.10. The summed E-state index contributed by atoms with van der Waals surface area (Å²) in [5, 5.41) is 11.7. The first-order valence-corrected chi connectivity index (χ1v) is 5.60. The number of nitrogens with one attached hydrogen (secondary N) is 1. The summed E-state index contributed by atoms with van der Waals surface area (Å²) in [4.78, 5) is 22.7. The minimum atomic E-state index is -1.02. The normalized spacial score (nSPS) is 11.9. The van der Waals surface area contributed by atoms with E-state index in [0.29, 0.717) is 5.56 Å². The molecular weight excluding hydrogens is 218 g/mol. The van der Waals surface area contributed by atoms with E-state index in [1.54, 1.807) is 19.1 Å². The van der Waals surface area contributed by atoms with Gasteiger partial charge in [0.25, 0.3) is 5.91 Å². The fourth-order valence-electron chi connectivity index (χ4n) is 1.45. The van der Waals surface area contributed by atoms with Gasteiger partial charge in [-0.1, -0.05) is 6.92 Å². The Labute approximate surface area is 101 Å². The molecule has 1 unspecified atom stereocenters. The van der Waals surface area contributed by atoms with Crippen molar-refractivity contribution in [3.63, 3.8) is 0 Å². The summed E-state index contributed by atoms with van der Waals surface area (Å²) in [5.74, 6) is -1.25. The minimum Gasteiger partial charge on any atom is -0.478 e. The number of rotatable bonds is 4. The monoisotopic (exact) mass is 235 g/mol. The van der Waals surface area contributed by atoms with Crippen molar-refractivity contribution in [3.05, 3.63) is 34.9 Å². The van der Waals surface area contributed by atoms with Gasteiger partial charge in [-0.05, 0) is 44.0 Å². The number of aromatic carboxylic acids is 1. The fraction of sp³-hybridized carbons (Fsp3) is 0.385. The fourth-order valence-corrected chi connectivity index (χ4v) is 1.45. The Bertz CT molecular complexity index is 440. The third-order valence-corrected chi connectivity index (χ3v) is 2.58. The molecule has 0 bridgehead atoms. The van der Waals surface area contributed by atoms with Crippen LogP contribution < -0.4 is 5.32 Å². The van der Waals surface area contributed by atoms with Gasteiger partial charge in [-0.3, -0.25) is 4.79 Å². The molecule has 1 aromatic carbocycles. The number of carbonyl (C=O) groups excluding carboxylic acids is 1. The zero-order chi connectivity index (χ0) is 13.0. The van der Waals surface area contributed by atoms with Gasteiger partial charge in [0.2, 0.25) is 0 Å². The predicted octanol–water partition coefficient (Wildman–Crippen LogP) is 2.22.